The molecule has 2 aromatic carbocycles. The van der Waals surface area contributed by atoms with Crippen LogP contribution >= 0.6 is 23.2 Å². The molecule has 3 nitrogen and oxygen atoms in total. The van der Waals surface area contributed by atoms with Gasteiger partial charge in [0.15, 0.2) is 0 Å². The monoisotopic (exact) mass is 358 g/mol. The fraction of sp³-hybridized carbons (Fsp3) is 0.250. The van der Waals surface area contributed by atoms with E-state index in [4.69, 9.17) is 27.4 Å². The molecule has 0 bridgehead atoms. The van der Waals surface area contributed by atoms with Gasteiger partial charge < -0.3 is 0 Å². The summed E-state index contributed by atoms with van der Waals surface area (Å²) in [6, 6.07) is 14.9. The Labute approximate surface area is 141 Å². The molecule has 22 heavy (non-hydrogen) atoms. The minimum atomic E-state index is -3.49. The molecule has 2 aromatic rings. The maximum absolute atomic E-state index is 11.3. The molecular weight excluding hydrogens is 343 g/mol. The third-order valence-electron chi connectivity index (χ3n) is 3.24. The number of halogens is 2. The second-order valence-electron chi connectivity index (χ2n) is 5.04. The van der Waals surface area contributed by atoms with Crippen LogP contribution < -0.4 is 0 Å². The SMILES string of the molecule is CS(=O)(=O)OCC(Cc1ccc(Cl)cc1Cl)c1ccccc1. The zero-order chi connectivity index (χ0) is 16.2. The first-order chi connectivity index (χ1) is 10.3. The predicted octanol–water partition coefficient (Wildman–Crippen LogP) is 4.30. The molecule has 2 rings (SSSR count). The molecule has 0 aliphatic heterocycles. The minimum Gasteiger partial charge on any atom is -0.270 e. The van der Waals surface area contributed by atoms with Crippen molar-refractivity contribution in [2.24, 2.45) is 0 Å². The van der Waals surface area contributed by atoms with Gasteiger partial charge in [-0.1, -0.05) is 59.6 Å². The Bertz CT molecular complexity index is 730. The molecule has 0 heterocycles. The van der Waals surface area contributed by atoms with E-state index in [0.717, 1.165) is 17.4 Å². The average Bonchev–Trinajstić information content (AvgIpc) is 2.45. The van der Waals surface area contributed by atoms with Crippen molar-refractivity contribution in [2.75, 3.05) is 12.9 Å². The Kier molecular flexibility index (Phi) is 5.87. The van der Waals surface area contributed by atoms with E-state index in [1.54, 1.807) is 12.1 Å². The van der Waals surface area contributed by atoms with Gasteiger partial charge >= 0.3 is 0 Å². The quantitative estimate of drug-likeness (QED) is 0.723. The average molecular weight is 359 g/mol. The van der Waals surface area contributed by atoms with Crippen molar-refractivity contribution in [3.63, 3.8) is 0 Å². The van der Waals surface area contributed by atoms with Gasteiger partial charge in [-0.2, -0.15) is 8.42 Å². The van der Waals surface area contributed by atoms with Crippen LogP contribution in [0.15, 0.2) is 48.5 Å². The zero-order valence-electron chi connectivity index (χ0n) is 12.0. The van der Waals surface area contributed by atoms with Gasteiger partial charge in [-0.3, -0.25) is 4.18 Å². The summed E-state index contributed by atoms with van der Waals surface area (Å²) in [5, 5.41) is 1.13. The van der Waals surface area contributed by atoms with Crippen molar-refractivity contribution in [3.8, 4) is 0 Å². The summed E-state index contributed by atoms with van der Waals surface area (Å²) in [6.07, 6.45) is 1.61. The van der Waals surface area contributed by atoms with Crippen LogP contribution in [-0.2, 0) is 20.7 Å². The molecule has 0 radical (unpaired) electrons. The normalized spacial score (nSPS) is 13.0. The standard InChI is InChI=1S/C16H16Cl2O3S/c1-22(19,20)21-11-14(12-5-3-2-4-6-12)9-13-7-8-15(17)10-16(13)18/h2-8,10,14H,9,11H2,1H3. The molecule has 6 heteroatoms. The molecule has 0 aliphatic carbocycles. The largest absolute Gasteiger partial charge is 0.270 e. The molecule has 0 spiro atoms. The summed E-state index contributed by atoms with van der Waals surface area (Å²) >= 11 is 12.1. The highest BCUT2D eigenvalue weighted by atomic mass is 35.5. The van der Waals surface area contributed by atoms with E-state index in [1.165, 1.54) is 0 Å². The first-order valence-corrected chi connectivity index (χ1v) is 9.25. The van der Waals surface area contributed by atoms with Gasteiger partial charge in [-0.15, -0.1) is 0 Å². The molecule has 0 saturated heterocycles. The summed E-state index contributed by atoms with van der Waals surface area (Å²) in [5.74, 6) is -0.116. The zero-order valence-corrected chi connectivity index (χ0v) is 14.3. The van der Waals surface area contributed by atoms with Crippen LogP contribution in [0.4, 0.5) is 0 Å². The summed E-state index contributed by atoms with van der Waals surface area (Å²) in [6.45, 7) is 0.0712. The van der Waals surface area contributed by atoms with E-state index in [-0.39, 0.29) is 12.5 Å². The lowest BCUT2D eigenvalue weighted by Gasteiger charge is -2.18. The molecule has 0 N–H and O–H groups in total. The molecule has 0 amide bonds. The van der Waals surface area contributed by atoms with Crippen molar-refractivity contribution in [1.29, 1.82) is 0 Å². The van der Waals surface area contributed by atoms with Gasteiger partial charge in [-0.05, 0) is 29.7 Å². The van der Waals surface area contributed by atoms with E-state index < -0.39 is 10.1 Å². The van der Waals surface area contributed by atoms with E-state index in [9.17, 15) is 8.42 Å². The van der Waals surface area contributed by atoms with Crippen LogP contribution in [0.1, 0.15) is 17.0 Å². The van der Waals surface area contributed by atoms with Crippen molar-refractivity contribution in [3.05, 3.63) is 69.7 Å². The van der Waals surface area contributed by atoms with Crippen molar-refractivity contribution in [1.82, 2.24) is 0 Å². The fourth-order valence-electron chi connectivity index (χ4n) is 2.16. The van der Waals surface area contributed by atoms with Crippen molar-refractivity contribution < 1.29 is 12.6 Å². The van der Waals surface area contributed by atoms with Gasteiger partial charge in [0.1, 0.15) is 0 Å². The van der Waals surface area contributed by atoms with Crippen LogP contribution in [0, 0.1) is 0 Å². The van der Waals surface area contributed by atoms with Crippen LogP contribution in [0.2, 0.25) is 10.0 Å². The van der Waals surface area contributed by atoms with Gasteiger partial charge in [-0.25, -0.2) is 0 Å². The van der Waals surface area contributed by atoms with Gasteiger partial charge in [0, 0.05) is 16.0 Å². The van der Waals surface area contributed by atoms with Crippen molar-refractivity contribution in [2.45, 2.75) is 12.3 Å². The summed E-state index contributed by atoms with van der Waals surface area (Å²) in [7, 11) is -3.49. The summed E-state index contributed by atoms with van der Waals surface area (Å²) < 4.78 is 27.5. The lowest BCUT2D eigenvalue weighted by atomic mass is 9.93. The molecular formula is C16H16Cl2O3S. The number of hydrogen-bond donors (Lipinski definition) is 0. The highest BCUT2D eigenvalue weighted by Gasteiger charge is 2.17. The highest BCUT2D eigenvalue weighted by Crippen LogP contribution is 2.28. The van der Waals surface area contributed by atoms with Crippen LogP contribution in [0.5, 0.6) is 0 Å². The van der Waals surface area contributed by atoms with Crippen LogP contribution in [-0.4, -0.2) is 21.3 Å². The second kappa shape index (κ2) is 7.47. The summed E-state index contributed by atoms with van der Waals surface area (Å²) in [4.78, 5) is 0. The third kappa shape index (κ3) is 5.29. The number of benzene rings is 2. The highest BCUT2D eigenvalue weighted by molar-refractivity contribution is 7.85. The number of rotatable bonds is 6. The van der Waals surface area contributed by atoms with E-state index in [0.29, 0.717) is 16.5 Å². The molecule has 0 aliphatic rings. The third-order valence-corrected chi connectivity index (χ3v) is 4.39. The molecule has 1 atom stereocenters. The number of hydrogen-bond acceptors (Lipinski definition) is 3. The Morgan fingerprint density at radius 2 is 1.77 bits per heavy atom. The summed E-state index contributed by atoms with van der Waals surface area (Å²) in [5.41, 5.74) is 1.90. The Balaban J connectivity index is 2.24. The van der Waals surface area contributed by atoms with E-state index in [2.05, 4.69) is 0 Å². The minimum absolute atomic E-state index is 0.0712. The Hall–Kier alpha value is -1.07. The maximum atomic E-state index is 11.3. The first kappa shape index (κ1) is 17.3. The topological polar surface area (TPSA) is 43.4 Å². The molecule has 1 unspecified atom stereocenters. The van der Waals surface area contributed by atoms with E-state index in [1.807, 2.05) is 36.4 Å². The fourth-order valence-corrected chi connectivity index (χ4v) is 3.05. The first-order valence-electron chi connectivity index (χ1n) is 6.68. The lowest BCUT2D eigenvalue weighted by Crippen LogP contribution is -2.14. The Morgan fingerprint density at radius 3 is 2.36 bits per heavy atom. The van der Waals surface area contributed by atoms with Crippen molar-refractivity contribution >= 4 is 33.3 Å². The second-order valence-corrected chi connectivity index (χ2v) is 7.52. The van der Waals surface area contributed by atoms with Gasteiger partial charge in [0.25, 0.3) is 10.1 Å². The molecule has 0 aromatic heterocycles. The molecule has 118 valence electrons. The Morgan fingerprint density at radius 1 is 1.09 bits per heavy atom. The van der Waals surface area contributed by atoms with E-state index >= 15 is 0 Å². The lowest BCUT2D eigenvalue weighted by molar-refractivity contribution is 0.293. The molecule has 0 fully saturated rings. The van der Waals surface area contributed by atoms with Crippen LogP contribution in [0.3, 0.4) is 0 Å². The maximum Gasteiger partial charge on any atom is 0.264 e. The predicted molar refractivity (Wildman–Crippen MR) is 90.1 cm³/mol. The van der Waals surface area contributed by atoms with Crippen LogP contribution in [0.25, 0.3) is 0 Å². The van der Waals surface area contributed by atoms with Gasteiger partial charge in [0.05, 0.1) is 12.9 Å². The smallest absolute Gasteiger partial charge is 0.264 e. The van der Waals surface area contributed by atoms with Gasteiger partial charge in [0.2, 0.25) is 0 Å². The molecule has 0 saturated carbocycles.